The average molecular weight is 435 g/mol. The molecule has 1 saturated heterocycles. The van der Waals surface area contributed by atoms with Crippen LogP contribution in [0.25, 0.3) is 11.0 Å². The lowest BCUT2D eigenvalue weighted by Gasteiger charge is -2.17. The molecule has 166 valence electrons. The highest BCUT2D eigenvalue weighted by atomic mass is 16.5. The molecule has 1 aliphatic heterocycles. The third-order valence-corrected chi connectivity index (χ3v) is 5.47. The molecule has 4 rings (SSSR count). The van der Waals surface area contributed by atoms with Gasteiger partial charge in [-0.15, -0.1) is 5.10 Å². The summed E-state index contributed by atoms with van der Waals surface area (Å²) in [6.45, 7) is 10.6. The van der Waals surface area contributed by atoms with Crippen molar-refractivity contribution >= 4 is 22.7 Å². The van der Waals surface area contributed by atoms with Crippen LogP contribution in [0.3, 0.4) is 0 Å². The summed E-state index contributed by atoms with van der Waals surface area (Å²) in [5.41, 5.74) is 0.894. The van der Waals surface area contributed by atoms with Gasteiger partial charge in [-0.3, -0.25) is 0 Å². The molecule has 0 saturated carbocycles. The third-order valence-electron chi connectivity index (χ3n) is 5.47. The summed E-state index contributed by atoms with van der Waals surface area (Å²) < 4.78 is 15.0. The Morgan fingerprint density at radius 3 is 2.72 bits per heavy atom. The highest BCUT2D eigenvalue weighted by Gasteiger charge is 2.30. The van der Waals surface area contributed by atoms with E-state index in [9.17, 15) is 10.5 Å². The van der Waals surface area contributed by atoms with E-state index >= 15 is 0 Å². The molecule has 1 aliphatic rings. The Kier molecular flexibility index (Phi) is 5.49. The molecular formula is C22H26N8O2. The van der Waals surface area contributed by atoms with Gasteiger partial charge in [0.1, 0.15) is 28.6 Å². The predicted molar refractivity (Wildman–Crippen MR) is 117 cm³/mol. The van der Waals surface area contributed by atoms with Crippen molar-refractivity contribution in [2.24, 2.45) is 5.92 Å². The number of hydrogen-bond acceptors (Lipinski definition) is 8. The molecule has 1 fully saturated rings. The van der Waals surface area contributed by atoms with Gasteiger partial charge in [0.25, 0.3) is 5.88 Å². The van der Waals surface area contributed by atoms with Gasteiger partial charge in [-0.2, -0.15) is 15.5 Å². The standard InChI is InChI=1S/C22H26N8O2/c1-13(2)32-20-17(9-29(28-20)22(4,5)12-24)26-21-25-8-15-6-16(7-23)30(19(15)27-21)18-11-31-10-14(18)3/h6,8-9,13-14,18H,10-11H2,1-5H3,(H,25,26,27)/t14-,18-/m0/s1. The molecule has 3 aromatic rings. The van der Waals surface area contributed by atoms with Gasteiger partial charge < -0.3 is 19.4 Å². The lowest BCUT2D eigenvalue weighted by atomic mass is 10.1. The minimum Gasteiger partial charge on any atom is -0.472 e. The maximum absolute atomic E-state index is 9.66. The highest BCUT2D eigenvalue weighted by Crippen LogP contribution is 2.33. The minimum absolute atomic E-state index is 0.0314. The Bertz CT molecular complexity index is 1230. The molecule has 4 heterocycles. The van der Waals surface area contributed by atoms with Crippen LogP contribution in [-0.2, 0) is 10.3 Å². The second-order valence-corrected chi connectivity index (χ2v) is 8.82. The second-order valence-electron chi connectivity index (χ2n) is 8.82. The van der Waals surface area contributed by atoms with Crippen molar-refractivity contribution in [3.63, 3.8) is 0 Å². The Labute approximate surface area is 186 Å². The number of ether oxygens (including phenoxy) is 2. The first kappa shape index (κ1) is 21.6. The van der Waals surface area contributed by atoms with Crippen molar-refractivity contribution < 1.29 is 9.47 Å². The molecule has 0 bridgehead atoms. The van der Waals surface area contributed by atoms with Crippen LogP contribution in [0.4, 0.5) is 11.6 Å². The lowest BCUT2D eigenvalue weighted by molar-refractivity contribution is 0.182. The number of nitrogens with zero attached hydrogens (tertiary/aromatic N) is 7. The molecule has 0 aliphatic carbocycles. The van der Waals surface area contributed by atoms with Crippen LogP contribution in [0.1, 0.15) is 46.4 Å². The molecule has 3 aromatic heterocycles. The van der Waals surface area contributed by atoms with E-state index in [2.05, 4.69) is 34.5 Å². The number of nitrogens with one attached hydrogen (secondary N) is 1. The van der Waals surface area contributed by atoms with Crippen molar-refractivity contribution in [2.75, 3.05) is 18.5 Å². The molecule has 1 N–H and O–H groups in total. The molecular weight excluding hydrogens is 408 g/mol. The van der Waals surface area contributed by atoms with Crippen LogP contribution in [-0.4, -0.2) is 43.6 Å². The van der Waals surface area contributed by atoms with Gasteiger partial charge >= 0.3 is 0 Å². The van der Waals surface area contributed by atoms with E-state index in [-0.39, 0.29) is 18.1 Å². The van der Waals surface area contributed by atoms with Gasteiger partial charge in [-0.25, -0.2) is 9.67 Å². The van der Waals surface area contributed by atoms with Crippen LogP contribution >= 0.6 is 0 Å². The van der Waals surface area contributed by atoms with Gasteiger partial charge in [0.2, 0.25) is 5.95 Å². The van der Waals surface area contributed by atoms with Crippen molar-refractivity contribution in [3.05, 3.63) is 24.2 Å². The van der Waals surface area contributed by atoms with Crippen LogP contribution in [0.15, 0.2) is 18.5 Å². The van der Waals surface area contributed by atoms with Gasteiger partial charge in [0.05, 0.1) is 37.6 Å². The molecule has 0 unspecified atom stereocenters. The van der Waals surface area contributed by atoms with Crippen molar-refractivity contribution in [2.45, 2.75) is 52.3 Å². The summed E-state index contributed by atoms with van der Waals surface area (Å²) in [5, 5.41) is 27.6. The summed E-state index contributed by atoms with van der Waals surface area (Å²) in [6, 6.07) is 6.32. The molecule has 10 heteroatoms. The number of hydrogen-bond donors (Lipinski definition) is 1. The van der Waals surface area contributed by atoms with E-state index in [0.717, 1.165) is 5.39 Å². The fraction of sp³-hybridized carbons (Fsp3) is 0.500. The summed E-state index contributed by atoms with van der Waals surface area (Å²) in [7, 11) is 0. The summed E-state index contributed by atoms with van der Waals surface area (Å²) in [6.07, 6.45) is 3.29. The lowest BCUT2D eigenvalue weighted by Crippen LogP contribution is -2.24. The number of aromatic nitrogens is 5. The average Bonchev–Trinajstić information content (AvgIpc) is 3.44. The maximum Gasteiger partial charge on any atom is 0.257 e. The topological polar surface area (TPSA) is 127 Å². The van der Waals surface area contributed by atoms with Gasteiger partial charge in [0.15, 0.2) is 0 Å². The predicted octanol–water partition coefficient (Wildman–Crippen LogP) is 3.50. The van der Waals surface area contributed by atoms with Gasteiger partial charge in [-0.1, -0.05) is 6.92 Å². The van der Waals surface area contributed by atoms with Crippen molar-refractivity contribution in [1.29, 1.82) is 10.5 Å². The summed E-state index contributed by atoms with van der Waals surface area (Å²) >= 11 is 0. The minimum atomic E-state index is -0.852. The van der Waals surface area contributed by atoms with Crippen molar-refractivity contribution in [1.82, 2.24) is 24.3 Å². The molecule has 0 aromatic carbocycles. The number of nitriles is 2. The fourth-order valence-corrected chi connectivity index (χ4v) is 3.68. The van der Waals surface area contributed by atoms with E-state index in [1.54, 1.807) is 37.0 Å². The zero-order valence-electron chi connectivity index (χ0n) is 18.8. The molecule has 0 radical (unpaired) electrons. The Hall–Kier alpha value is -3.63. The van der Waals surface area contributed by atoms with Gasteiger partial charge in [0, 0.05) is 17.5 Å². The second kappa shape index (κ2) is 8.13. The van der Waals surface area contributed by atoms with E-state index in [0.29, 0.717) is 42.1 Å². The van der Waals surface area contributed by atoms with Crippen LogP contribution in [0.5, 0.6) is 5.88 Å². The number of rotatable bonds is 6. The van der Waals surface area contributed by atoms with E-state index in [4.69, 9.17) is 14.5 Å². The fourth-order valence-electron chi connectivity index (χ4n) is 3.68. The summed E-state index contributed by atoms with van der Waals surface area (Å²) in [4.78, 5) is 9.12. The van der Waals surface area contributed by atoms with Crippen LogP contribution in [0, 0.1) is 28.6 Å². The Morgan fingerprint density at radius 1 is 1.31 bits per heavy atom. The number of anilines is 2. The van der Waals surface area contributed by atoms with Gasteiger partial charge in [-0.05, 0) is 33.8 Å². The van der Waals surface area contributed by atoms with Crippen LogP contribution < -0.4 is 10.1 Å². The van der Waals surface area contributed by atoms with E-state index in [1.807, 2.05) is 18.4 Å². The molecule has 2 atom stereocenters. The Balaban J connectivity index is 1.75. The highest BCUT2D eigenvalue weighted by molar-refractivity contribution is 5.79. The molecule has 0 spiro atoms. The zero-order valence-corrected chi connectivity index (χ0v) is 18.8. The SMILES string of the molecule is CC(C)Oc1nn(C(C)(C)C#N)cc1Nc1ncc2cc(C#N)n([C@H]3COC[C@@H]3C)c2n1. The Morgan fingerprint density at radius 2 is 2.09 bits per heavy atom. The normalized spacial score (nSPS) is 18.6. The number of fused-ring (bicyclic) bond motifs is 1. The van der Waals surface area contributed by atoms with Crippen LogP contribution in [0.2, 0.25) is 0 Å². The monoisotopic (exact) mass is 434 g/mol. The zero-order chi connectivity index (χ0) is 23.0. The first-order valence-corrected chi connectivity index (χ1v) is 10.5. The van der Waals surface area contributed by atoms with Crippen molar-refractivity contribution in [3.8, 4) is 18.0 Å². The maximum atomic E-state index is 9.66. The largest absolute Gasteiger partial charge is 0.472 e. The summed E-state index contributed by atoms with van der Waals surface area (Å²) in [5.74, 6) is 0.968. The molecule has 10 nitrogen and oxygen atoms in total. The quantitative estimate of drug-likeness (QED) is 0.624. The van der Waals surface area contributed by atoms with E-state index in [1.165, 1.54) is 0 Å². The first-order valence-electron chi connectivity index (χ1n) is 10.5. The third kappa shape index (κ3) is 3.85. The first-order chi connectivity index (χ1) is 15.2. The molecule has 0 amide bonds. The smallest absolute Gasteiger partial charge is 0.257 e. The molecule has 32 heavy (non-hydrogen) atoms. The van der Waals surface area contributed by atoms with E-state index < -0.39 is 5.54 Å².